The molecule has 0 fully saturated rings. The van der Waals surface area contributed by atoms with Gasteiger partial charge in [0.15, 0.2) is 6.61 Å². The second-order valence-electron chi connectivity index (χ2n) is 6.14. The Hall–Kier alpha value is -4.07. The number of rotatable bonds is 9. The van der Waals surface area contributed by atoms with Gasteiger partial charge in [-0.2, -0.15) is 0 Å². The first-order valence-corrected chi connectivity index (χ1v) is 9.16. The molecule has 8 nitrogen and oxygen atoms in total. The molecule has 2 amide bonds. The van der Waals surface area contributed by atoms with E-state index in [9.17, 15) is 14.4 Å². The van der Waals surface area contributed by atoms with Gasteiger partial charge in [0.1, 0.15) is 23.8 Å². The fourth-order valence-electron chi connectivity index (χ4n) is 2.40. The summed E-state index contributed by atoms with van der Waals surface area (Å²) < 4.78 is 15.6. The molecule has 0 saturated heterocycles. The van der Waals surface area contributed by atoms with E-state index in [1.807, 2.05) is 30.3 Å². The number of esters is 1. The second-order valence-corrected chi connectivity index (χ2v) is 6.14. The maximum atomic E-state index is 12.1. The number of ether oxygens (including phenoxy) is 2. The Bertz CT molecular complexity index is 969. The van der Waals surface area contributed by atoms with Crippen LogP contribution in [0.25, 0.3) is 0 Å². The number of hydrogen-bond acceptors (Lipinski definition) is 6. The van der Waals surface area contributed by atoms with Crippen LogP contribution in [-0.4, -0.2) is 30.9 Å². The summed E-state index contributed by atoms with van der Waals surface area (Å²) in [6, 6.07) is 19.1. The Labute approximate surface area is 172 Å². The molecule has 1 aromatic heterocycles. The predicted molar refractivity (Wildman–Crippen MR) is 107 cm³/mol. The number of furan rings is 1. The molecule has 3 aromatic rings. The Morgan fingerprint density at radius 3 is 2.27 bits per heavy atom. The van der Waals surface area contributed by atoms with Crippen molar-refractivity contribution in [2.45, 2.75) is 6.54 Å². The third-order valence-electron chi connectivity index (χ3n) is 3.89. The van der Waals surface area contributed by atoms with Crippen LogP contribution in [-0.2, 0) is 20.9 Å². The molecule has 0 bridgehead atoms. The van der Waals surface area contributed by atoms with Crippen LogP contribution in [0, 0.1) is 0 Å². The van der Waals surface area contributed by atoms with Crippen molar-refractivity contribution in [3.8, 4) is 11.5 Å². The lowest BCUT2D eigenvalue weighted by molar-refractivity contribution is -0.147. The Morgan fingerprint density at radius 1 is 0.833 bits per heavy atom. The topological polar surface area (TPSA) is 107 Å². The van der Waals surface area contributed by atoms with Crippen molar-refractivity contribution in [2.75, 3.05) is 13.2 Å². The highest BCUT2D eigenvalue weighted by atomic mass is 16.5. The minimum absolute atomic E-state index is 0.199. The minimum atomic E-state index is -0.722. The fraction of sp³-hybridized carbons (Fsp3) is 0.136. The Balaban J connectivity index is 1.37. The SMILES string of the molecule is O=C(COC(=O)CNC(=O)c1ccc(Oc2ccccc2)cc1)NCc1ccco1. The van der Waals surface area contributed by atoms with E-state index in [-0.39, 0.29) is 13.1 Å². The quantitative estimate of drug-likeness (QED) is 0.527. The van der Waals surface area contributed by atoms with Gasteiger partial charge < -0.3 is 24.5 Å². The maximum Gasteiger partial charge on any atom is 0.325 e. The van der Waals surface area contributed by atoms with Gasteiger partial charge in [-0.3, -0.25) is 14.4 Å². The first kappa shape index (κ1) is 20.7. The average Bonchev–Trinajstić information content (AvgIpc) is 3.29. The summed E-state index contributed by atoms with van der Waals surface area (Å²) >= 11 is 0. The van der Waals surface area contributed by atoms with Crippen molar-refractivity contribution in [1.82, 2.24) is 10.6 Å². The molecule has 2 N–H and O–H groups in total. The summed E-state index contributed by atoms with van der Waals surface area (Å²) in [6.45, 7) is -0.600. The molecule has 0 radical (unpaired) electrons. The minimum Gasteiger partial charge on any atom is -0.467 e. The normalized spacial score (nSPS) is 10.1. The number of carbonyl (C=O) groups excluding carboxylic acids is 3. The molecule has 0 aliphatic heterocycles. The highest BCUT2D eigenvalue weighted by Crippen LogP contribution is 2.21. The van der Waals surface area contributed by atoms with Crippen LogP contribution in [0.15, 0.2) is 77.4 Å². The zero-order valence-corrected chi connectivity index (χ0v) is 16.0. The van der Waals surface area contributed by atoms with E-state index in [1.54, 1.807) is 36.4 Å². The average molecular weight is 408 g/mol. The molecule has 0 aliphatic rings. The number of amides is 2. The van der Waals surface area contributed by atoms with Crippen molar-refractivity contribution in [3.63, 3.8) is 0 Å². The first-order valence-electron chi connectivity index (χ1n) is 9.16. The van der Waals surface area contributed by atoms with E-state index >= 15 is 0 Å². The van der Waals surface area contributed by atoms with Gasteiger partial charge in [0.05, 0.1) is 12.8 Å². The lowest BCUT2D eigenvalue weighted by Gasteiger charge is -2.08. The number of para-hydroxylation sites is 1. The van der Waals surface area contributed by atoms with E-state index < -0.39 is 24.4 Å². The number of benzene rings is 2. The molecule has 0 aliphatic carbocycles. The molecule has 1 heterocycles. The highest BCUT2D eigenvalue weighted by molar-refractivity contribution is 5.96. The lowest BCUT2D eigenvalue weighted by Crippen LogP contribution is -2.33. The van der Waals surface area contributed by atoms with Gasteiger partial charge in [-0.1, -0.05) is 18.2 Å². The maximum absolute atomic E-state index is 12.1. The van der Waals surface area contributed by atoms with Gasteiger partial charge in [0.2, 0.25) is 0 Å². The Morgan fingerprint density at radius 2 is 1.57 bits per heavy atom. The predicted octanol–water partition coefficient (Wildman–Crippen LogP) is 2.66. The van der Waals surface area contributed by atoms with Crippen LogP contribution in [0.1, 0.15) is 16.1 Å². The number of nitrogens with one attached hydrogen (secondary N) is 2. The largest absolute Gasteiger partial charge is 0.467 e. The molecular weight excluding hydrogens is 388 g/mol. The molecular formula is C22H20N2O6. The monoisotopic (exact) mass is 408 g/mol. The van der Waals surface area contributed by atoms with Crippen LogP contribution in [0.5, 0.6) is 11.5 Å². The van der Waals surface area contributed by atoms with Crippen LogP contribution in [0.2, 0.25) is 0 Å². The van der Waals surface area contributed by atoms with Crippen LogP contribution >= 0.6 is 0 Å². The molecule has 0 atom stereocenters. The Kier molecular flexibility index (Phi) is 7.21. The third-order valence-corrected chi connectivity index (χ3v) is 3.89. The summed E-state index contributed by atoms with van der Waals surface area (Å²) in [4.78, 5) is 35.5. The molecule has 154 valence electrons. The molecule has 0 spiro atoms. The summed E-state index contributed by atoms with van der Waals surface area (Å²) in [7, 11) is 0. The molecule has 0 unspecified atom stereocenters. The van der Waals surface area contributed by atoms with Crippen molar-refractivity contribution in [2.24, 2.45) is 0 Å². The van der Waals surface area contributed by atoms with Gasteiger partial charge in [0, 0.05) is 5.56 Å². The van der Waals surface area contributed by atoms with Gasteiger partial charge in [-0.05, 0) is 48.5 Å². The fourth-order valence-corrected chi connectivity index (χ4v) is 2.40. The van der Waals surface area contributed by atoms with Crippen molar-refractivity contribution in [1.29, 1.82) is 0 Å². The van der Waals surface area contributed by atoms with E-state index in [0.29, 0.717) is 22.8 Å². The van der Waals surface area contributed by atoms with Crippen molar-refractivity contribution in [3.05, 3.63) is 84.3 Å². The molecule has 0 saturated carbocycles. The lowest BCUT2D eigenvalue weighted by atomic mass is 10.2. The molecule has 8 heteroatoms. The van der Waals surface area contributed by atoms with E-state index in [0.717, 1.165) is 0 Å². The standard InChI is InChI=1S/C22H20N2O6/c25-20(23-13-19-7-4-12-28-19)15-29-21(26)14-24-22(27)16-8-10-18(11-9-16)30-17-5-2-1-3-6-17/h1-12H,13-15H2,(H,23,25)(H,24,27). The summed E-state index contributed by atoms with van der Waals surface area (Å²) in [5.74, 6) is 0.214. The molecule has 3 rings (SSSR count). The number of carbonyl (C=O) groups is 3. The van der Waals surface area contributed by atoms with Crippen LogP contribution < -0.4 is 15.4 Å². The van der Waals surface area contributed by atoms with Gasteiger partial charge in [-0.15, -0.1) is 0 Å². The van der Waals surface area contributed by atoms with Crippen LogP contribution in [0.3, 0.4) is 0 Å². The van der Waals surface area contributed by atoms with E-state index in [4.69, 9.17) is 13.9 Å². The molecule has 2 aromatic carbocycles. The zero-order valence-electron chi connectivity index (χ0n) is 16.0. The van der Waals surface area contributed by atoms with E-state index in [2.05, 4.69) is 10.6 Å². The van der Waals surface area contributed by atoms with Crippen molar-refractivity contribution >= 4 is 17.8 Å². The van der Waals surface area contributed by atoms with Gasteiger partial charge in [0.25, 0.3) is 11.8 Å². The summed E-state index contributed by atoms with van der Waals surface area (Å²) in [6.07, 6.45) is 1.49. The summed E-state index contributed by atoms with van der Waals surface area (Å²) in [5, 5.41) is 4.99. The second kappa shape index (κ2) is 10.5. The highest BCUT2D eigenvalue weighted by Gasteiger charge is 2.11. The smallest absolute Gasteiger partial charge is 0.325 e. The van der Waals surface area contributed by atoms with E-state index in [1.165, 1.54) is 6.26 Å². The van der Waals surface area contributed by atoms with Crippen molar-refractivity contribution < 1.29 is 28.3 Å². The van der Waals surface area contributed by atoms with Gasteiger partial charge >= 0.3 is 5.97 Å². The molecule has 30 heavy (non-hydrogen) atoms. The first-order chi connectivity index (χ1) is 14.6. The number of hydrogen-bond donors (Lipinski definition) is 2. The summed E-state index contributed by atoms with van der Waals surface area (Å²) in [5.41, 5.74) is 0.361. The zero-order chi connectivity index (χ0) is 21.2. The van der Waals surface area contributed by atoms with Crippen LogP contribution in [0.4, 0.5) is 0 Å². The third kappa shape index (κ3) is 6.52. The van der Waals surface area contributed by atoms with Gasteiger partial charge in [-0.25, -0.2) is 0 Å².